The largest absolute Gasteiger partial charge is 0.375 e. The molecule has 0 aromatic carbocycles. The predicted molar refractivity (Wildman–Crippen MR) is 84.3 cm³/mol. The molecule has 1 spiro atoms. The van der Waals surface area contributed by atoms with Crippen LogP contribution < -0.4 is 5.32 Å². The van der Waals surface area contributed by atoms with E-state index in [0.29, 0.717) is 12.0 Å². The third kappa shape index (κ3) is 3.18. The molecule has 2 unspecified atom stereocenters. The van der Waals surface area contributed by atoms with Crippen LogP contribution in [0.25, 0.3) is 0 Å². The van der Waals surface area contributed by atoms with Gasteiger partial charge in [-0.15, -0.1) is 0 Å². The summed E-state index contributed by atoms with van der Waals surface area (Å²) in [7, 11) is 0. The van der Waals surface area contributed by atoms with Crippen LogP contribution in [0.3, 0.4) is 0 Å². The highest BCUT2D eigenvalue weighted by atomic mass is 32.2. The molecule has 1 aromatic heterocycles. The average Bonchev–Trinajstić information content (AvgIpc) is 2.99. The Morgan fingerprint density at radius 1 is 1.50 bits per heavy atom. The van der Waals surface area contributed by atoms with Crippen molar-refractivity contribution in [2.45, 2.75) is 44.2 Å². The summed E-state index contributed by atoms with van der Waals surface area (Å²) < 4.78 is 14.9. The topological polar surface area (TPSA) is 47.0 Å². The van der Waals surface area contributed by atoms with Crippen molar-refractivity contribution in [1.82, 2.24) is 14.1 Å². The minimum Gasteiger partial charge on any atom is -0.375 e. The molecular weight excluding hydrogens is 290 g/mol. The smallest absolute Gasteiger partial charge is 0.0915 e. The zero-order valence-corrected chi connectivity index (χ0v) is 13.6. The molecule has 0 aliphatic carbocycles. The van der Waals surface area contributed by atoms with Crippen LogP contribution in [0.1, 0.15) is 44.3 Å². The van der Waals surface area contributed by atoms with Crippen LogP contribution in [0.4, 0.5) is 0 Å². The minimum absolute atomic E-state index is 0.144. The van der Waals surface area contributed by atoms with E-state index < -0.39 is 0 Å². The lowest BCUT2D eigenvalue weighted by Gasteiger charge is -2.45. The first-order chi connectivity index (χ1) is 9.83. The number of thioether (sulfide) groups is 1. The predicted octanol–water partition coefficient (Wildman–Crippen LogP) is 2.88. The van der Waals surface area contributed by atoms with Crippen LogP contribution in [0.15, 0.2) is 6.20 Å². The summed E-state index contributed by atoms with van der Waals surface area (Å²) in [6, 6.07) is 0.342. The highest BCUT2D eigenvalue weighted by Crippen LogP contribution is 2.43. The van der Waals surface area contributed by atoms with Crippen molar-refractivity contribution in [3.05, 3.63) is 11.9 Å². The summed E-state index contributed by atoms with van der Waals surface area (Å²) >= 11 is 3.37. The van der Waals surface area contributed by atoms with Crippen LogP contribution in [0.2, 0.25) is 0 Å². The molecule has 2 aliphatic rings. The van der Waals surface area contributed by atoms with Gasteiger partial charge in [0.05, 0.1) is 35.3 Å². The van der Waals surface area contributed by atoms with E-state index in [1.807, 2.05) is 6.20 Å². The Balaban J connectivity index is 1.73. The third-order valence-corrected chi connectivity index (χ3v) is 6.01. The van der Waals surface area contributed by atoms with E-state index in [9.17, 15) is 0 Å². The van der Waals surface area contributed by atoms with Crippen molar-refractivity contribution in [3.8, 4) is 0 Å². The molecule has 0 saturated carbocycles. The number of ether oxygens (including phenoxy) is 1. The molecule has 4 nitrogen and oxygen atoms in total. The lowest BCUT2D eigenvalue weighted by atomic mass is 9.78. The molecule has 1 aromatic rings. The first-order valence-corrected chi connectivity index (χ1v) is 9.44. The Morgan fingerprint density at radius 3 is 3.05 bits per heavy atom. The van der Waals surface area contributed by atoms with Gasteiger partial charge in [0, 0.05) is 6.61 Å². The second-order valence-corrected chi connectivity index (χ2v) is 7.55. The first kappa shape index (κ1) is 14.8. The molecule has 3 rings (SSSR count). The monoisotopic (exact) mass is 313 g/mol. The maximum absolute atomic E-state index is 6.21. The summed E-state index contributed by atoms with van der Waals surface area (Å²) in [5.74, 6) is 3.11. The summed E-state index contributed by atoms with van der Waals surface area (Å²) in [6.45, 7) is 4.04. The molecule has 2 fully saturated rings. The lowest BCUT2D eigenvalue weighted by molar-refractivity contribution is -0.107. The van der Waals surface area contributed by atoms with Crippen LogP contribution >= 0.6 is 23.5 Å². The van der Waals surface area contributed by atoms with Crippen LogP contribution in [-0.2, 0) is 4.74 Å². The van der Waals surface area contributed by atoms with E-state index in [1.54, 1.807) is 0 Å². The second kappa shape index (κ2) is 6.73. The molecule has 6 heteroatoms. The number of hydrogen-bond donors (Lipinski definition) is 1. The zero-order valence-electron chi connectivity index (χ0n) is 12.0. The number of nitrogens with zero attached hydrogens (tertiary/aromatic N) is 2. The van der Waals surface area contributed by atoms with Gasteiger partial charge in [-0.1, -0.05) is 6.92 Å². The molecule has 2 saturated heterocycles. The Bertz CT molecular complexity index is 401. The van der Waals surface area contributed by atoms with Gasteiger partial charge in [0.1, 0.15) is 0 Å². The number of aromatic nitrogens is 2. The van der Waals surface area contributed by atoms with Crippen molar-refractivity contribution in [2.75, 3.05) is 24.7 Å². The van der Waals surface area contributed by atoms with Gasteiger partial charge in [0.25, 0.3) is 0 Å². The molecule has 1 N–H and O–H groups in total. The molecule has 0 bridgehead atoms. The summed E-state index contributed by atoms with van der Waals surface area (Å²) in [4.78, 5) is 0. The molecule has 2 aliphatic heterocycles. The highest BCUT2D eigenvalue weighted by molar-refractivity contribution is 7.99. The minimum atomic E-state index is 0.144. The quantitative estimate of drug-likeness (QED) is 0.926. The van der Waals surface area contributed by atoms with Gasteiger partial charge in [-0.3, -0.25) is 0 Å². The summed E-state index contributed by atoms with van der Waals surface area (Å²) in [6.07, 6.45) is 6.65. The maximum atomic E-state index is 6.21. The molecule has 0 radical (unpaired) electrons. The van der Waals surface area contributed by atoms with Gasteiger partial charge >= 0.3 is 0 Å². The molecule has 20 heavy (non-hydrogen) atoms. The number of rotatable bonds is 4. The Morgan fingerprint density at radius 2 is 2.35 bits per heavy atom. The lowest BCUT2D eigenvalue weighted by Crippen LogP contribution is -2.45. The van der Waals surface area contributed by atoms with Crippen molar-refractivity contribution in [2.24, 2.45) is 5.92 Å². The summed E-state index contributed by atoms with van der Waals surface area (Å²) in [5, 5.41) is 3.62. The van der Waals surface area contributed by atoms with E-state index in [2.05, 4.69) is 32.7 Å². The van der Waals surface area contributed by atoms with Crippen molar-refractivity contribution >= 4 is 23.5 Å². The van der Waals surface area contributed by atoms with Gasteiger partial charge in [-0.25, -0.2) is 0 Å². The van der Waals surface area contributed by atoms with Crippen molar-refractivity contribution in [1.29, 1.82) is 0 Å². The average molecular weight is 313 g/mol. The molecular formula is C14H23N3OS2. The highest BCUT2D eigenvalue weighted by Gasteiger charge is 2.41. The van der Waals surface area contributed by atoms with Gasteiger partial charge in [-0.05, 0) is 49.7 Å². The Kier molecular flexibility index (Phi) is 4.96. The molecule has 0 amide bonds. The Labute approximate surface area is 129 Å². The molecule has 112 valence electrons. The van der Waals surface area contributed by atoms with E-state index in [4.69, 9.17) is 4.74 Å². The fourth-order valence-electron chi connectivity index (χ4n) is 3.48. The maximum Gasteiger partial charge on any atom is 0.0915 e. The second-order valence-electron chi connectivity index (χ2n) is 5.76. The van der Waals surface area contributed by atoms with Crippen LogP contribution in [0.5, 0.6) is 0 Å². The van der Waals surface area contributed by atoms with Gasteiger partial charge in [0.2, 0.25) is 0 Å². The fourth-order valence-corrected chi connectivity index (χ4v) is 5.18. The van der Waals surface area contributed by atoms with Gasteiger partial charge in [-0.2, -0.15) is 20.5 Å². The third-order valence-electron chi connectivity index (χ3n) is 4.53. The van der Waals surface area contributed by atoms with Crippen molar-refractivity contribution in [3.63, 3.8) is 0 Å². The van der Waals surface area contributed by atoms with E-state index >= 15 is 0 Å². The molecule has 3 heterocycles. The summed E-state index contributed by atoms with van der Waals surface area (Å²) in [5.41, 5.74) is 1.26. The SMILES string of the molecule is CCNC(c1cnsn1)C1CCOC2(CCSCC2)C1. The first-order valence-electron chi connectivity index (χ1n) is 7.55. The molecule has 2 atom stereocenters. The van der Waals surface area contributed by atoms with Crippen LogP contribution in [-0.4, -0.2) is 39.0 Å². The van der Waals surface area contributed by atoms with E-state index in [-0.39, 0.29) is 5.60 Å². The fraction of sp³-hybridized carbons (Fsp3) is 0.857. The number of hydrogen-bond acceptors (Lipinski definition) is 6. The standard InChI is InChI=1S/C14H23N3OS2/c1-2-15-13(12-10-16-20-17-12)11-3-6-18-14(9-11)4-7-19-8-5-14/h10-11,13,15H,2-9H2,1H3. The van der Waals surface area contributed by atoms with Crippen molar-refractivity contribution < 1.29 is 4.74 Å². The zero-order chi connectivity index (χ0) is 13.8. The Hall–Kier alpha value is -0.170. The number of nitrogens with one attached hydrogen (secondary N) is 1. The normalized spacial score (nSPS) is 27.6. The van der Waals surface area contributed by atoms with Crippen LogP contribution in [0, 0.1) is 5.92 Å². The van der Waals surface area contributed by atoms with Gasteiger partial charge < -0.3 is 10.1 Å². The van der Waals surface area contributed by atoms with E-state index in [1.165, 1.54) is 42.5 Å². The van der Waals surface area contributed by atoms with Gasteiger partial charge in [0.15, 0.2) is 0 Å². The van der Waals surface area contributed by atoms with E-state index in [0.717, 1.165) is 25.3 Å².